The van der Waals surface area contributed by atoms with Crippen molar-refractivity contribution in [3.05, 3.63) is 47.5 Å². The zero-order valence-electron chi connectivity index (χ0n) is 17.2. The summed E-state index contributed by atoms with van der Waals surface area (Å²) in [6.07, 6.45) is 0. The number of hydrogen-bond acceptors (Lipinski definition) is 7. The largest absolute Gasteiger partial charge is 0.490 e. The number of carbonyl (C=O) groups excluding carboxylic acids is 2. The molecule has 1 heterocycles. The fourth-order valence-corrected chi connectivity index (χ4v) is 2.94. The second-order valence-electron chi connectivity index (χ2n) is 6.51. The maximum absolute atomic E-state index is 12.3. The molecule has 160 valence electrons. The molecule has 1 amide bonds. The van der Waals surface area contributed by atoms with Gasteiger partial charge in [0, 0.05) is 0 Å². The van der Waals surface area contributed by atoms with Gasteiger partial charge in [0.25, 0.3) is 5.91 Å². The molecule has 0 spiro atoms. The molecule has 0 fully saturated rings. The Hall–Kier alpha value is -3.42. The van der Waals surface area contributed by atoms with Crippen LogP contribution in [0.4, 0.5) is 0 Å². The molecule has 0 saturated heterocycles. The molecule has 2 aromatic carbocycles. The van der Waals surface area contributed by atoms with Crippen LogP contribution in [-0.2, 0) is 9.53 Å². The van der Waals surface area contributed by atoms with Crippen LogP contribution in [-0.4, -0.2) is 38.5 Å². The van der Waals surface area contributed by atoms with Crippen molar-refractivity contribution in [3.8, 4) is 23.0 Å². The Morgan fingerprint density at radius 1 is 1.00 bits per heavy atom. The van der Waals surface area contributed by atoms with Gasteiger partial charge >= 0.3 is 5.97 Å². The van der Waals surface area contributed by atoms with E-state index in [0.29, 0.717) is 36.2 Å². The van der Waals surface area contributed by atoms with Crippen LogP contribution in [0.1, 0.15) is 42.7 Å². The monoisotopic (exact) mass is 415 g/mol. The Bertz CT molecular complexity index is 912. The van der Waals surface area contributed by atoms with Crippen LogP contribution in [0, 0.1) is 0 Å². The van der Waals surface area contributed by atoms with Gasteiger partial charge in [0.2, 0.25) is 6.79 Å². The Balaban J connectivity index is 1.55. The van der Waals surface area contributed by atoms with E-state index in [1.165, 1.54) is 0 Å². The summed E-state index contributed by atoms with van der Waals surface area (Å²) < 4.78 is 26.8. The smallest absolute Gasteiger partial charge is 0.338 e. The zero-order chi connectivity index (χ0) is 21.5. The van der Waals surface area contributed by atoms with Crippen molar-refractivity contribution in [3.63, 3.8) is 0 Å². The molecule has 0 saturated carbocycles. The van der Waals surface area contributed by atoms with Gasteiger partial charge in [-0.2, -0.15) is 0 Å². The number of hydrogen-bond donors (Lipinski definition) is 1. The van der Waals surface area contributed by atoms with Crippen molar-refractivity contribution in [2.24, 2.45) is 0 Å². The van der Waals surface area contributed by atoms with Gasteiger partial charge in [0.1, 0.15) is 0 Å². The van der Waals surface area contributed by atoms with E-state index in [1.54, 1.807) is 24.3 Å². The van der Waals surface area contributed by atoms with Crippen molar-refractivity contribution < 1.29 is 33.3 Å². The molecule has 0 aromatic heterocycles. The highest BCUT2D eigenvalue weighted by Crippen LogP contribution is 2.34. The van der Waals surface area contributed by atoms with Gasteiger partial charge in [-0.15, -0.1) is 0 Å². The molecule has 2 aromatic rings. The van der Waals surface area contributed by atoms with E-state index in [0.717, 1.165) is 5.56 Å². The molecule has 3 rings (SSSR count). The number of ether oxygens (including phenoxy) is 5. The number of fused-ring (bicyclic) bond motifs is 1. The number of rotatable bonds is 9. The summed E-state index contributed by atoms with van der Waals surface area (Å²) in [6.45, 7) is 6.23. The van der Waals surface area contributed by atoms with Crippen molar-refractivity contribution in [1.29, 1.82) is 0 Å². The summed E-state index contributed by atoms with van der Waals surface area (Å²) in [5, 5.41) is 2.79. The third kappa shape index (κ3) is 5.14. The first-order valence-electron chi connectivity index (χ1n) is 9.77. The maximum Gasteiger partial charge on any atom is 0.338 e. The summed E-state index contributed by atoms with van der Waals surface area (Å²) >= 11 is 0. The summed E-state index contributed by atoms with van der Waals surface area (Å²) in [5.74, 6) is 1.28. The van der Waals surface area contributed by atoms with E-state index in [-0.39, 0.29) is 18.4 Å². The molecule has 0 unspecified atom stereocenters. The Labute approximate surface area is 175 Å². The van der Waals surface area contributed by atoms with Crippen molar-refractivity contribution >= 4 is 11.9 Å². The number of carbonyl (C=O) groups is 2. The lowest BCUT2D eigenvalue weighted by Gasteiger charge is -2.15. The summed E-state index contributed by atoms with van der Waals surface area (Å²) in [4.78, 5) is 24.5. The van der Waals surface area contributed by atoms with Crippen LogP contribution < -0.4 is 24.3 Å². The SMILES string of the molecule is CCOc1ccc(C(=O)OCC(=O)N[C@@H](C)c2ccc3c(c2)OCO3)cc1OCC. The molecule has 0 aliphatic carbocycles. The first-order valence-corrected chi connectivity index (χ1v) is 9.77. The van der Waals surface area contributed by atoms with Gasteiger partial charge in [-0.1, -0.05) is 6.07 Å². The molecule has 0 bridgehead atoms. The second-order valence-corrected chi connectivity index (χ2v) is 6.51. The van der Waals surface area contributed by atoms with Crippen LogP contribution in [0.25, 0.3) is 0 Å². The zero-order valence-corrected chi connectivity index (χ0v) is 17.2. The van der Waals surface area contributed by atoms with E-state index in [1.807, 2.05) is 32.9 Å². The quantitative estimate of drug-likeness (QED) is 0.629. The van der Waals surface area contributed by atoms with Gasteiger partial charge in [-0.05, 0) is 56.7 Å². The van der Waals surface area contributed by atoms with Crippen LogP contribution in [0.15, 0.2) is 36.4 Å². The molecule has 1 N–H and O–H groups in total. The van der Waals surface area contributed by atoms with Crippen LogP contribution >= 0.6 is 0 Å². The molecule has 8 nitrogen and oxygen atoms in total. The molecule has 1 aliphatic heterocycles. The van der Waals surface area contributed by atoms with Crippen LogP contribution in [0.5, 0.6) is 23.0 Å². The first-order chi connectivity index (χ1) is 14.5. The highest BCUT2D eigenvalue weighted by molar-refractivity contribution is 5.92. The number of benzene rings is 2. The third-order valence-electron chi connectivity index (χ3n) is 4.39. The minimum absolute atomic E-state index is 0.187. The fraction of sp³-hybridized carbons (Fsp3) is 0.364. The molecule has 1 aliphatic rings. The van der Waals surface area contributed by atoms with Crippen molar-refractivity contribution in [1.82, 2.24) is 5.32 Å². The van der Waals surface area contributed by atoms with E-state index >= 15 is 0 Å². The minimum atomic E-state index is -0.620. The fourth-order valence-electron chi connectivity index (χ4n) is 2.94. The van der Waals surface area contributed by atoms with E-state index in [2.05, 4.69) is 5.32 Å². The first kappa shape index (κ1) is 21.3. The topological polar surface area (TPSA) is 92.3 Å². The molecule has 0 radical (unpaired) electrons. The summed E-state index contributed by atoms with van der Waals surface area (Å²) in [5.41, 5.74) is 1.13. The highest BCUT2D eigenvalue weighted by Gasteiger charge is 2.18. The lowest BCUT2D eigenvalue weighted by atomic mass is 10.1. The van der Waals surface area contributed by atoms with E-state index in [4.69, 9.17) is 23.7 Å². The number of nitrogens with one attached hydrogen (secondary N) is 1. The summed E-state index contributed by atoms with van der Waals surface area (Å²) in [7, 11) is 0. The van der Waals surface area contributed by atoms with Gasteiger partial charge in [-0.25, -0.2) is 4.79 Å². The minimum Gasteiger partial charge on any atom is -0.490 e. The average molecular weight is 415 g/mol. The molecular weight excluding hydrogens is 390 g/mol. The lowest BCUT2D eigenvalue weighted by molar-refractivity contribution is -0.124. The lowest BCUT2D eigenvalue weighted by Crippen LogP contribution is -2.31. The van der Waals surface area contributed by atoms with Gasteiger partial charge in [-0.3, -0.25) is 4.79 Å². The number of esters is 1. The molecule has 1 atom stereocenters. The predicted molar refractivity (Wildman–Crippen MR) is 108 cm³/mol. The van der Waals surface area contributed by atoms with Crippen molar-refractivity contribution in [2.75, 3.05) is 26.6 Å². The Morgan fingerprint density at radius 3 is 2.50 bits per heavy atom. The average Bonchev–Trinajstić information content (AvgIpc) is 3.21. The highest BCUT2D eigenvalue weighted by atomic mass is 16.7. The summed E-state index contributed by atoms with van der Waals surface area (Å²) in [6, 6.07) is 9.93. The van der Waals surface area contributed by atoms with E-state index in [9.17, 15) is 9.59 Å². The normalized spacial score (nSPS) is 12.8. The molecule has 30 heavy (non-hydrogen) atoms. The van der Waals surface area contributed by atoms with Gasteiger partial charge in [0.15, 0.2) is 29.6 Å². The van der Waals surface area contributed by atoms with Gasteiger partial charge in [0.05, 0.1) is 24.8 Å². The van der Waals surface area contributed by atoms with Crippen LogP contribution in [0.2, 0.25) is 0 Å². The third-order valence-corrected chi connectivity index (χ3v) is 4.39. The van der Waals surface area contributed by atoms with Gasteiger partial charge < -0.3 is 29.0 Å². The molecule has 8 heteroatoms. The standard InChI is InChI=1S/C22H25NO7/c1-4-26-17-9-7-16(11-19(17)27-5-2)22(25)28-12-21(24)23-14(3)15-6-8-18-20(10-15)30-13-29-18/h6-11,14H,4-5,12-13H2,1-3H3,(H,23,24)/t14-/m0/s1. The maximum atomic E-state index is 12.3. The predicted octanol–water partition coefficient (Wildman–Crippen LogP) is 3.25. The van der Waals surface area contributed by atoms with E-state index < -0.39 is 18.5 Å². The van der Waals surface area contributed by atoms with Crippen molar-refractivity contribution in [2.45, 2.75) is 26.8 Å². The number of amides is 1. The Kier molecular flexibility index (Phi) is 7.00. The second kappa shape index (κ2) is 9.87. The Morgan fingerprint density at radius 2 is 1.73 bits per heavy atom. The van der Waals surface area contributed by atoms with Crippen LogP contribution in [0.3, 0.4) is 0 Å². The molecular formula is C22H25NO7.